The topological polar surface area (TPSA) is 140 Å². The van der Waals surface area contributed by atoms with Gasteiger partial charge in [0.05, 0.1) is 23.6 Å². The van der Waals surface area contributed by atoms with E-state index in [2.05, 4.69) is 10.0 Å². The van der Waals surface area contributed by atoms with E-state index in [-0.39, 0.29) is 28.1 Å². The second-order valence-electron chi connectivity index (χ2n) is 10.9. The number of rotatable bonds is 11. The van der Waals surface area contributed by atoms with Crippen LogP contribution in [0.4, 0.5) is 4.79 Å². The Morgan fingerprint density at radius 3 is 2.33 bits per heavy atom. The molecule has 0 bridgehead atoms. The molecule has 0 radical (unpaired) electrons. The molecule has 1 saturated heterocycles. The fraction of sp³-hybridized carbons (Fsp3) is 0.483. The van der Waals surface area contributed by atoms with E-state index in [4.69, 9.17) is 25.8 Å². The molecule has 0 saturated carbocycles. The summed E-state index contributed by atoms with van der Waals surface area (Å²) in [5, 5.41) is 2.77. The van der Waals surface area contributed by atoms with Gasteiger partial charge in [0.15, 0.2) is 0 Å². The van der Waals surface area contributed by atoms with Gasteiger partial charge in [-0.1, -0.05) is 29.8 Å². The summed E-state index contributed by atoms with van der Waals surface area (Å²) >= 11 is 6.36. The third-order valence-corrected chi connectivity index (χ3v) is 8.33. The maximum atomic E-state index is 12.8. The first kappa shape index (κ1) is 33.2. The second kappa shape index (κ2) is 14.7. The van der Waals surface area contributed by atoms with Gasteiger partial charge in [-0.15, -0.1) is 0 Å². The van der Waals surface area contributed by atoms with Crippen LogP contribution in [0.5, 0.6) is 5.75 Å². The van der Waals surface area contributed by atoms with E-state index in [1.165, 1.54) is 24.3 Å². The molecule has 2 aromatic carbocycles. The monoisotopic (exact) mass is 623 g/mol. The van der Waals surface area contributed by atoms with Gasteiger partial charge in [0.2, 0.25) is 10.0 Å². The molecule has 0 aromatic heterocycles. The number of ether oxygens (including phenoxy) is 3. The van der Waals surface area contributed by atoms with Crippen molar-refractivity contribution >= 4 is 39.6 Å². The summed E-state index contributed by atoms with van der Waals surface area (Å²) in [6.07, 6.45) is 2.20. The minimum absolute atomic E-state index is 0.0288. The number of amides is 2. The Morgan fingerprint density at radius 1 is 1.07 bits per heavy atom. The number of carbonyl (C=O) groups excluding carboxylic acids is 3. The van der Waals surface area contributed by atoms with Crippen molar-refractivity contribution in [3.05, 3.63) is 59.1 Å². The van der Waals surface area contributed by atoms with Crippen LogP contribution in [0.15, 0.2) is 53.4 Å². The number of piperidine rings is 1. The van der Waals surface area contributed by atoms with Gasteiger partial charge < -0.3 is 24.4 Å². The number of methoxy groups -OCH3 is 1. The molecule has 1 heterocycles. The van der Waals surface area contributed by atoms with E-state index in [0.717, 1.165) is 26.4 Å². The minimum Gasteiger partial charge on any atom is -0.492 e. The molecular weight excluding hydrogens is 586 g/mol. The van der Waals surface area contributed by atoms with Gasteiger partial charge in [0.1, 0.15) is 17.4 Å². The highest BCUT2D eigenvalue weighted by atomic mass is 35.5. The zero-order valence-corrected chi connectivity index (χ0v) is 25.8. The molecule has 11 nitrogen and oxygen atoms in total. The summed E-state index contributed by atoms with van der Waals surface area (Å²) in [4.78, 5) is 38.9. The van der Waals surface area contributed by atoms with Crippen LogP contribution in [0, 0.1) is 5.92 Å². The largest absolute Gasteiger partial charge is 0.492 e. The molecule has 1 aliphatic rings. The number of hydrogen-bond acceptors (Lipinski definition) is 8. The van der Waals surface area contributed by atoms with Crippen LogP contribution in [0.25, 0.3) is 0 Å². The van der Waals surface area contributed by atoms with Crippen molar-refractivity contribution in [2.75, 3.05) is 33.4 Å². The third-order valence-electron chi connectivity index (χ3n) is 6.55. The van der Waals surface area contributed by atoms with Gasteiger partial charge in [-0.2, -0.15) is 4.72 Å². The Labute approximate surface area is 251 Å². The smallest absolute Gasteiger partial charge is 0.410 e. The molecule has 2 amide bonds. The van der Waals surface area contributed by atoms with Crippen LogP contribution in [-0.2, 0) is 24.3 Å². The molecule has 13 heteroatoms. The number of likely N-dealkylation sites (tertiary alicyclic amines) is 1. The van der Waals surface area contributed by atoms with Crippen LogP contribution in [0.3, 0.4) is 0 Å². The average Bonchev–Trinajstić information content (AvgIpc) is 2.95. The standard InChI is InChI=1S/C29H38ClN3O8S/c1-29(2,3)41-28(36)33-15-12-20(13-16-33)14-17-40-25-11-10-21(18-23(25)30)26(34)31-19-24(27(35)39-4)32-42(37,38)22-8-6-5-7-9-22/h5-11,18,20,24,32H,12-17,19H2,1-4H3,(H,31,34). The molecule has 3 rings (SSSR count). The molecular formula is C29H38ClN3O8S. The number of carbonyl (C=O) groups is 3. The van der Waals surface area contributed by atoms with E-state index in [1.54, 1.807) is 29.2 Å². The molecule has 0 aliphatic carbocycles. The Bertz CT molecular complexity index is 1340. The number of nitrogens with one attached hydrogen (secondary N) is 2. The molecule has 0 spiro atoms. The predicted octanol–water partition coefficient (Wildman–Crippen LogP) is 4.01. The quantitative estimate of drug-likeness (QED) is 0.358. The Kier molecular flexibility index (Phi) is 11.6. The third kappa shape index (κ3) is 9.88. The molecule has 2 aromatic rings. The second-order valence-corrected chi connectivity index (χ2v) is 13.0. The number of hydrogen-bond donors (Lipinski definition) is 2. The lowest BCUT2D eigenvalue weighted by atomic mass is 9.94. The summed E-state index contributed by atoms with van der Waals surface area (Å²) in [7, 11) is -2.91. The van der Waals surface area contributed by atoms with Crippen LogP contribution < -0.4 is 14.8 Å². The first-order valence-electron chi connectivity index (χ1n) is 13.6. The van der Waals surface area contributed by atoms with Crippen molar-refractivity contribution in [2.45, 2.75) is 56.6 Å². The maximum absolute atomic E-state index is 12.8. The van der Waals surface area contributed by atoms with Gasteiger partial charge in [-0.05, 0) is 76.3 Å². The van der Waals surface area contributed by atoms with E-state index in [9.17, 15) is 22.8 Å². The Balaban J connectivity index is 1.48. The SMILES string of the molecule is COC(=O)C(CNC(=O)c1ccc(OCCC2CCN(C(=O)OC(C)(C)C)CC2)c(Cl)c1)NS(=O)(=O)c1ccccc1. The summed E-state index contributed by atoms with van der Waals surface area (Å²) in [6, 6.07) is 10.7. The van der Waals surface area contributed by atoms with Crippen molar-refractivity contribution in [1.82, 2.24) is 14.9 Å². The first-order valence-corrected chi connectivity index (χ1v) is 15.5. The van der Waals surface area contributed by atoms with Crippen molar-refractivity contribution < 1.29 is 37.0 Å². The van der Waals surface area contributed by atoms with Crippen LogP contribution in [0.1, 0.15) is 50.4 Å². The van der Waals surface area contributed by atoms with Gasteiger partial charge in [-0.3, -0.25) is 9.59 Å². The molecule has 1 atom stereocenters. The molecule has 42 heavy (non-hydrogen) atoms. The lowest BCUT2D eigenvalue weighted by Crippen LogP contribution is -2.48. The fourth-order valence-electron chi connectivity index (χ4n) is 4.29. The van der Waals surface area contributed by atoms with Gasteiger partial charge in [-0.25, -0.2) is 13.2 Å². The number of nitrogens with zero attached hydrogens (tertiary/aromatic N) is 1. The summed E-state index contributed by atoms with van der Waals surface area (Å²) < 4.78 is 43.6. The highest BCUT2D eigenvalue weighted by Crippen LogP contribution is 2.27. The fourth-order valence-corrected chi connectivity index (χ4v) is 5.73. The zero-order chi connectivity index (χ0) is 30.9. The predicted molar refractivity (Wildman–Crippen MR) is 157 cm³/mol. The van der Waals surface area contributed by atoms with Crippen molar-refractivity contribution in [3.8, 4) is 5.75 Å². The van der Waals surface area contributed by atoms with E-state index >= 15 is 0 Å². The van der Waals surface area contributed by atoms with Crippen LogP contribution in [0.2, 0.25) is 5.02 Å². The van der Waals surface area contributed by atoms with Crippen LogP contribution in [-0.4, -0.2) is 76.3 Å². The lowest BCUT2D eigenvalue weighted by molar-refractivity contribution is -0.142. The summed E-state index contributed by atoms with van der Waals surface area (Å²) in [6.45, 7) is 6.88. The molecule has 1 unspecified atom stereocenters. The molecule has 1 fully saturated rings. The number of halogens is 1. The Morgan fingerprint density at radius 2 is 1.74 bits per heavy atom. The van der Waals surface area contributed by atoms with E-state index in [0.29, 0.717) is 31.4 Å². The highest BCUT2D eigenvalue weighted by molar-refractivity contribution is 7.89. The molecule has 230 valence electrons. The minimum atomic E-state index is -4.03. The highest BCUT2D eigenvalue weighted by Gasteiger charge is 2.28. The first-order chi connectivity index (χ1) is 19.8. The zero-order valence-electron chi connectivity index (χ0n) is 24.2. The average molecular weight is 624 g/mol. The normalized spacial score (nSPS) is 15.0. The molecule has 1 aliphatic heterocycles. The molecule has 2 N–H and O–H groups in total. The number of benzene rings is 2. The Hall–Kier alpha value is -3.35. The van der Waals surface area contributed by atoms with E-state index in [1.807, 2.05) is 20.8 Å². The number of sulfonamides is 1. The van der Waals surface area contributed by atoms with Gasteiger partial charge >= 0.3 is 12.1 Å². The van der Waals surface area contributed by atoms with Gasteiger partial charge in [0, 0.05) is 25.2 Å². The van der Waals surface area contributed by atoms with Gasteiger partial charge in [0.25, 0.3) is 5.91 Å². The maximum Gasteiger partial charge on any atom is 0.410 e. The van der Waals surface area contributed by atoms with Crippen LogP contribution >= 0.6 is 11.6 Å². The van der Waals surface area contributed by atoms with Crippen molar-refractivity contribution in [2.24, 2.45) is 5.92 Å². The number of esters is 1. The van der Waals surface area contributed by atoms with Crippen molar-refractivity contribution in [3.63, 3.8) is 0 Å². The van der Waals surface area contributed by atoms with Crippen molar-refractivity contribution in [1.29, 1.82) is 0 Å². The summed E-state index contributed by atoms with van der Waals surface area (Å²) in [5.74, 6) is -0.600. The van der Waals surface area contributed by atoms with E-state index < -0.39 is 33.5 Å². The summed E-state index contributed by atoms with van der Waals surface area (Å²) in [5.41, 5.74) is -0.317. The lowest BCUT2D eigenvalue weighted by Gasteiger charge is -2.33.